The Balaban J connectivity index is 2.24. The second-order valence-electron chi connectivity index (χ2n) is 4.58. The van der Waals surface area contributed by atoms with Crippen molar-refractivity contribution in [1.82, 2.24) is 4.90 Å². The van der Waals surface area contributed by atoms with E-state index in [4.69, 9.17) is 40.5 Å². The van der Waals surface area contributed by atoms with Crippen LogP contribution in [0.25, 0.3) is 0 Å². The number of anilines is 1. The van der Waals surface area contributed by atoms with Crippen LogP contribution in [0, 0.1) is 0 Å². The molecule has 0 heterocycles. The summed E-state index contributed by atoms with van der Waals surface area (Å²) in [6.45, 7) is 0.323. The van der Waals surface area contributed by atoms with Crippen LogP contribution < -0.4 is 5.73 Å². The lowest BCUT2D eigenvalue weighted by Gasteiger charge is -2.19. The molecule has 0 unspecified atom stereocenters. The number of amides is 1. The predicted octanol–water partition coefficient (Wildman–Crippen LogP) is 4.50. The minimum absolute atomic E-state index is 0.233. The lowest BCUT2D eigenvalue weighted by atomic mass is 10.1. The topological polar surface area (TPSA) is 46.3 Å². The molecule has 1 amide bonds. The Labute approximate surface area is 138 Å². The molecule has 6 heteroatoms. The average molecular weight is 344 g/mol. The first-order valence-corrected chi connectivity index (χ1v) is 7.27. The molecule has 2 aromatic rings. The number of carbonyl (C=O) groups excluding carboxylic acids is 1. The maximum absolute atomic E-state index is 12.4. The zero-order valence-corrected chi connectivity index (χ0v) is 13.5. The van der Waals surface area contributed by atoms with E-state index in [0.717, 1.165) is 5.56 Å². The van der Waals surface area contributed by atoms with Gasteiger partial charge in [0.15, 0.2) is 0 Å². The van der Waals surface area contributed by atoms with Crippen LogP contribution in [0.15, 0.2) is 36.4 Å². The van der Waals surface area contributed by atoms with Crippen molar-refractivity contribution in [3.05, 3.63) is 62.6 Å². The molecule has 3 nitrogen and oxygen atoms in total. The molecule has 0 atom stereocenters. The van der Waals surface area contributed by atoms with E-state index in [0.29, 0.717) is 27.8 Å². The van der Waals surface area contributed by atoms with Crippen molar-refractivity contribution in [3.8, 4) is 0 Å². The number of carbonyl (C=O) groups is 1. The highest BCUT2D eigenvalue weighted by Crippen LogP contribution is 2.28. The molecule has 2 rings (SSSR count). The Morgan fingerprint density at radius 2 is 1.76 bits per heavy atom. The molecule has 0 aromatic heterocycles. The van der Waals surface area contributed by atoms with E-state index in [1.165, 1.54) is 4.90 Å². The van der Waals surface area contributed by atoms with E-state index in [9.17, 15) is 4.79 Å². The Kier molecular flexibility index (Phi) is 4.99. The second kappa shape index (κ2) is 6.56. The zero-order chi connectivity index (χ0) is 15.6. The summed E-state index contributed by atoms with van der Waals surface area (Å²) in [6, 6.07) is 10.3. The summed E-state index contributed by atoms with van der Waals surface area (Å²) in [4.78, 5) is 13.9. The highest BCUT2D eigenvalue weighted by Gasteiger charge is 2.17. The van der Waals surface area contributed by atoms with Gasteiger partial charge in [-0.2, -0.15) is 0 Å². The van der Waals surface area contributed by atoms with E-state index < -0.39 is 0 Å². The Hall–Kier alpha value is -1.42. The van der Waals surface area contributed by atoms with Crippen molar-refractivity contribution < 1.29 is 4.79 Å². The highest BCUT2D eigenvalue weighted by molar-refractivity contribution is 6.42. The number of benzene rings is 2. The molecule has 110 valence electrons. The van der Waals surface area contributed by atoms with Gasteiger partial charge in [0, 0.05) is 13.6 Å². The second-order valence-corrected chi connectivity index (χ2v) is 5.75. The largest absolute Gasteiger partial charge is 0.398 e. The lowest BCUT2D eigenvalue weighted by Crippen LogP contribution is -2.26. The third-order valence-electron chi connectivity index (χ3n) is 3.04. The molecule has 0 radical (unpaired) electrons. The van der Waals surface area contributed by atoms with Crippen molar-refractivity contribution in [1.29, 1.82) is 0 Å². The zero-order valence-electron chi connectivity index (χ0n) is 11.2. The minimum atomic E-state index is -0.233. The van der Waals surface area contributed by atoms with Gasteiger partial charge < -0.3 is 10.6 Å². The normalized spacial score (nSPS) is 10.5. The standard InChI is InChI=1S/C15H13Cl3N2O/c1-20(8-9-4-2-6-11(16)13(9)17)15(21)10-5-3-7-12(19)14(10)18/h2-7H,8,19H2,1H3. The van der Waals surface area contributed by atoms with Crippen LogP contribution in [0.1, 0.15) is 15.9 Å². The first-order chi connectivity index (χ1) is 9.91. The fourth-order valence-corrected chi connectivity index (χ4v) is 2.51. The van der Waals surface area contributed by atoms with Crippen molar-refractivity contribution in [2.75, 3.05) is 12.8 Å². The molecule has 0 fully saturated rings. The van der Waals surface area contributed by atoms with Crippen molar-refractivity contribution in [3.63, 3.8) is 0 Å². The summed E-state index contributed by atoms with van der Waals surface area (Å²) in [5, 5.41) is 1.15. The third-order valence-corrected chi connectivity index (χ3v) is 4.32. The van der Waals surface area contributed by atoms with E-state index in [1.54, 1.807) is 37.4 Å². The van der Waals surface area contributed by atoms with E-state index in [-0.39, 0.29) is 10.9 Å². The first kappa shape index (κ1) is 16.0. The van der Waals surface area contributed by atoms with Gasteiger partial charge in [-0.05, 0) is 23.8 Å². The number of hydrogen-bond acceptors (Lipinski definition) is 2. The fraction of sp³-hybridized carbons (Fsp3) is 0.133. The van der Waals surface area contributed by atoms with Gasteiger partial charge in [-0.3, -0.25) is 4.79 Å². The Morgan fingerprint density at radius 3 is 2.48 bits per heavy atom. The van der Waals surface area contributed by atoms with E-state index in [1.807, 2.05) is 6.07 Å². The molecular formula is C15H13Cl3N2O. The number of hydrogen-bond donors (Lipinski definition) is 1. The number of rotatable bonds is 3. The molecule has 0 saturated heterocycles. The van der Waals surface area contributed by atoms with Crippen LogP contribution >= 0.6 is 34.8 Å². The maximum Gasteiger partial charge on any atom is 0.255 e. The quantitative estimate of drug-likeness (QED) is 0.834. The molecule has 2 aromatic carbocycles. The van der Waals surface area contributed by atoms with Crippen LogP contribution in [-0.2, 0) is 6.54 Å². The maximum atomic E-state index is 12.4. The van der Waals surface area contributed by atoms with Crippen molar-refractivity contribution in [2.24, 2.45) is 0 Å². The number of nitrogens with zero attached hydrogens (tertiary/aromatic N) is 1. The summed E-state index contributed by atoms with van der Waals surface area (Å²) < 4.78 is 0. The molecule has 0 aliphatic carbocycles. The van der Waals surface area contributed by atoms with Gasteiger partial charge in [-0.15, -0.1) is 0 Å². The molecule has 2 N–H and O–H groups in total. The smallest absolute Gasteiger partial charge is 0.255 e. The first-order valence-electron chi connectivity index (χ1n) is 6.14. The van der Waals surface area contributed by atoms with Crippen molar-refractivity contribution >= 4 is 46.4 Å². The monoisotopic (exact) mass is 342 g/mol. The van der Waals surface area contributed by atoms with Crippen LogP contribution in [0.3, 0.4) is 0 Å². The van der Waals surface area contributed by atoms with Crippen LogP contribution in [-0.4, -0.2) is 17.9 Å². The molecular weight excluding hydrogens is 331 g/mol. The third kappa shape index (κ3) is 3.43. The van der Waals surface area contributed by atoms with E-state index in [2.05, 4.69) is 0 Å². The van der Waals surface area contributed by atoms with Crippen LogP contribution in [0.5, 0.6) is 0 Å². The number of halogens is 3. The molecule has 0 bridgehead atoms. The van der Waals surface area contributed by atoms with Gasteiger partial charge in [-0.1, -0.05) is 53.0 Å². The summed E-state index contributed by atoms with van der Waals surface area (Å²) >= 11 is 18.2. The molecule has 0 aliphatic rings. The Bertz CT molecular complexity index is 689. The Morgan fingerprint density at radius 1 is 1.10 bits per heavy atom. The summed E-state index contributed by atoms with van der Waals surface area (Å²) in [5.41, 5.74) is 7.21. The SMILES string of the molecule is CN(Cc1cccc(Cl)c1Cl)C(=O)c1cccc(N)c1Cl. The van der Waals surface area contributed by atoms with Crippen LogP contribution in [0.4, 0.5) is 5.69 Å². The highest BCUT2D eigenvalue weighted by atomic mass is 35.5. The van der Waals surface area contributed by atoms with Gasteiger partial charge in [0.2, 0.25) is 0 Å². The van der Waals surface area contributed by atoms with Gasteiger partial charge in [0.05, 0.1) is 26.3 Å². The number of nitrogen functional groups attached to an aromatic ring is 1. The minimum Gasteiger partial charge on any atom is -0.398 e. The van der Waals surface area contributed by atoms with Crippen molar-refractivity contribution in [2.45, 2.75) is 6.54 Å². The van der Waals surface area contributed by atoms with E-state index >= 15 is 0 Å². The average Bonchev–Trinajstić information content (AvgIpc) is 2.46. The lowest BCUT2D eigenvalue weighted by molar-refractivity contribution is 0.0785. The molecule has 0 saturated carbocycles. The predicted molar refractivity (Wildman–Crippen MR) is 88.1 cm³/mol. The molecule has 0 spiro atoms. The summed E-state index contributed by atoms with van der Waals surface area (Å²) in [5.74, 6) is -0.233. The molecule has 21 heavy (non-hydrogen) atoms. The van der Waals surface area contributed by atoms with Gasteiger partial charge >= 0.3 is 0 Å². The molecule has 0 aliphatic heterocycles. The summed E-state index contributed by atoms with van der Waals surface area (Å²) in [7, 11) is 1.67. The van der Waals surface area contributed by atoms with Crippen LogP contribution in [0.2, 0.25) is 15.1 Å². The van der Waals surface area contributed by atoms with Gasteiger partial charge in [-0.25, -0.2) is 0 Å². The fourth-order valence-electron chi connectivity index (χ4n) is 1.92. The summed E-state index contributed by atoms with van der Waals surface area (Å²) in [6.07, 6.45) is 0. The van der Waals surface area contributed by atoms with Gasteiger partial charge in [0.25, 0.3) is 5.91 Å². The number of nitrogens with two attached hydrogens (primary N) is 1. The van der Waals surface area contributed by atoms with Gasteiger partial charge in [0.1, 0.15) is 0 Å².